The lowest BCUT2D eigenvalue weighted by atomic mass is 10.2. The molecule has 1 aromatic carbocycles. The molecule has 0 saturated carbocycles. The number of benzene rings is 1. The minimum Gasteiger partial charge on any atom is -0.448 e. The molecule has 0 unspecified atom stereocenters. The van der Waals surface area contributed by atoms with Crippen molar-refractivity contribution in [2.45, 2.75) is 18.4 Å². The average molecular weight is 314 g/mol. The van der Waals surface area contributed by atoms with Crippen LogP contribution in [0.1, 0.15) is 23.0 Å². The largest absolute Gasteiger partial charge is 0.448 e. The lowest BCUT2D eigenvalue weighted by Crippen LogP contribution is -2.23. The van der Waals surface area contributed by atoms with Crippen LogP contribution in [0.3, 0.4) is 0 Å². The molecule has 1 heterocycles. The third-order valence-electron chi connectivity index (χ3n) is 2.62. The van der Waals surface area contributed by atoms with E-state index < -0.39 is 10.0 Å². The van der Waals surface area contributed by atoms with E-state index in [4.69, 9.17) is 16.0 Å². The number of carbonyl (C=O) groups is 1. The standard InChI is InChI=1S/C13H12ClNO4S/c1-9(16)10-3-2-4-12(7-10)20(17,18)15-8-11-5-6-13(14)19-11/h2-7,15H,8H2,1H3. The summed E-state index contributed by atoms with van der Waals surface area (Å²) in [4.78, 5) is 11.3. The van der Waals surface area contributed by atoms with Crippen LogP contribution < -0.4 is 4.72 Å². The van der Waals surface area contributed by atoms with Crippen LogP contribution in [0.15, 0.2) is 45.7 Å². The first-order valence-electron chi connectivity index (χ1n) is 5.73. The van der Waals surface area contributed by atoms with Gasteiger partial charge < -0.3 is 4.42 Å². The molecule has 1 aromatic heterocycles. The van der Waals surface area contributed by atoms with Crippen molar-refractivity contribution < 1.29 is 17.6 Å². The molecule has 20 heavy (non-hydrogen) atoms. The van der Waals surface area contributed by atoms with E-state index in [2.05, 4.69) is 4.72 Å². The van der Waals surface area contributed by atoms with Crippen LogP contribution in [0, 0.1) is 0 Å². The highest BCUT2D eigenvalue weighted by molar-refractivity contribution is 7.89. The number of rotatable bonds is 5. The molecular formula is C13H12ClNO4S. The zero-order valence-electron chi connectivity index (χ0n) is 10.6. The molecule has 0 amide bonds. The normalized spacial score (nSPS) is 11.5. The van der Waals surface area contributed by atoms with Crippen LogP contribution in [0.2, 0.25) is 5.22 Å². The highest BCUT2D eigenvalue weighted by Crippen LogP contribution is 2.15. The van der Waals surface area contributed by atoms with Crippen molar-refractivity contribution in [3.63, 3.8) is 0 Å². The van der Waals surface area contributed by atoms with Gasteiger partial charge in [0.15, 0.2) is 11.0 Å². The molecule has 0 aliphatic carbocycles. The van der Waals surface area contributed by atoms with Gasteiger partial charge in [-0.3, -0.25) is 4.79 Å². The van der Waals surface area contributed by atoms with Crippen molar-refractivity contribution in [3.8, 4) is 0 Å². The van der Waals surface area contributed by atoms with Gasteiger partial charge in [0.25, 0.3) is 0 Å². The van der Waals surface area contributed by atoms with Crippen molar-refractivity contribution in [1.29, 1.82) is 0 Å². The van der Waals surface area contributed by atoms with Gasteiger partial charge in [-0.15, -0.1) is 0 Å². The van der Waals surface area contributed by atoms with Crippen molar-refractivity contribution in [2.75, 3.05) is 0 Å². The Kier molecular flexibility index (Phi) is 4.27. The molecule has 0 spiro atoms. The lowest BCUT2D eigenvalue weighted by Gasteiger charge is -2.06. The zero-order chi connectivity index (χ0) is 14.8. The molecule has 5 nitrogen and oxygen atoms in total. The molecule has 0 fully saturated rings. The van der Waals surface area contributed by atoms with Gasteiger partial charge in [-0.2, -0.15) is 0 Å². The van der Waals surface area contributed by atoms with Gasteiger partial charge in [-0.25, -0.2) is 13.1 Å². The Labute approximate surface area is 121 Å². The van der Waals surface area contributed by atoms with Gasteiger partial charge in [-0.05, 0) is 42.8 Å². The van der Waals surface area contributed by atoms with E-state index in [0.717, 1.165) is 0 Å². The molecule has 2 aromatic rings. The molecule has 1 N–H and O–H groups in total. The predicted molar refractivity (Wildman–Crippen MR) is 74.2 cm³/mol. The topological polar surface area (TPSA) is 76.4 Å². The third-order valence-corrected chi connectivity index (χ3v) is 4.22. The minimum atomic E-state index is -3.71. The molecule has 106 valence electrons. The summed E-state index contributed by atoms with van der Waals surface area (Å²) >= 11 is 5.60. The number of furan rings is 1. The Hall–Kier alpha value is -1.63. The maximum atomic E-state index is 12.1. The molecule has 0 saturated heterocycles. The molecular weight excluding hydrogens is 302 g/mol. The number of halogens is 1. The highest BCUT2D eigenvalue weighted by Gasteiger charge is 2.15. The number of ketones is 1. The Balaban J connectivity index is 2.17. The van der Waals surface area contributed by atoms with Gasteiger partial charge in [0.1, 0.15) is 5.76 Å². The van der Waals surface area contributed by atoms with Crippen molar-refractivity contribution in [1.82, 2.24) is 4.72 Å². The van der Waals surface area contributed by atoms with Crippen LogP contribution in [0.5, 0.6) is 0 Å². The average Bonchev–Trinajstić information content (AvgIpc) is 2.82. The van der Waals surface area contributed by atoms with Gasteiger partial charge in [-0.1, -0.05) is 12.1 Å². The van der Waals surface area contributed by atoms with E-state index in [0.29, 0.717) is 11.3 Å². The van der Waals surface area contributed by atoms with E-state index in [9.17, 15) is 13.2 Å². The third kappa shape index (κ3) is 3.47. The molecule has 2 rings (SSSR count). The maximum absolute atomic E-state index is 12.1. The summed E-state index contributed by atoms with van der Waals surface area (Å²) in [5.41, 5.74) is 0.342. The van der Waals surface area contributed by atoms with Crippen LogP contribution in [-0.2, 0) is 16.6 Å². The van der Waals surface area contributed by atoms with E-state index in [1.54, 1.807) is 12.1 Å². The second-order valence-corrected chi connectivity index (χ2v) is 6.25. The molecule has 0 aliphatic heterocycles. The Morgan fingerprint density at radius 1 is 1.30 bits per heavy atom. The molecule has 0 bridgehead atoms. The molecule has 7 heteroatoms. The van der Waals surface area contributed by atoms with Crippen molar-refractivity contribution in [3.05, 3.63) is 52.9 Å². The fourth-order valence-electron chi connectivity index (χ4n) is 1.58. The summed E-state index contributed by atoms with van der Waals surface area (Å²) in [7, 11) is -3.71. The fraction of sp³-hybridized carbons (Fsp3) is 0.154. The first-order chi connectivity index (χ1) is 9.38. The second-order valence-electron chi connectivity index (χ2n) is 4.11. The van der Waals surface area contributed by atoms with E-state index in [-0.39, 0.29) is 22.4 Å². The maximum Gasteiger partial charge on any atom is 0.240 e. The first kappa shape index (κ1) is 14.8. The summed E-state index contributed by atoms with van der Waals surface area (Å²) in [6, 6.07) is 8.95. The number of hydrogen-bond acceptors (Lipinski definition) is 4. The zero-order valence-corrected chi connectivity index (χ0v) is 12.2. The Morgan fingerprint density at radius 3 is 2.65 bits per heavy atom. The number of Topliss-reactive ketones (excluding diaryl/α,β-unsaturated/α-hetero) is 1. The van der Waals surface area contributed by atoms with Crippen LogP contribution in [0.25, 0.3) is 0 Å². The molecule has 0 atom stereocenters. The highest BCUT2D eigenvalue weighted by atomic mass is 35.5. The molecule has 0 radical (unpaired) electrons. The van der Waals surface area contributed by atoms with Crippen molar-refractivity contribution >= 4 is 27.4 Å². The van der Waals surface area contributed by atoms with Gasteiger partial charge in [0, 0.05) is 5.56 Å². The van der Waals surface area contributed by atoms with E-state index >= 15 is 0 Å². The van der Waals surface area contributed by atoms with Gasteiger partial charge in [0.05, 0.1) is 11.4 Å². The summed E-state index contributed by atoms with van der Waals surface area (Å²) < 4.78 is 31.6. The van der Waals surface area contributed by atoms with Gasteiger partial charge >= 0.3 is 0 Å². The number of sulfonamides is 1. The summed E-state index contributed by atoms with van der Waals surface area (Å²) in [6.45, 7) is 1.36. The number of nitrogens with one attached hydrogen (secondary N) is 1. The predicted octanol–water partition coefficient (Wildman–Crippen LogP) is 2.61. The number of carbonyl (C=O) groups excluding carboxylic acids is 1. The quantitative estimate of drug-likeness (QED) is 0.861. The molecule has 0 aliphatic rings. The number of hydrogen-bond donors (Lipinski definition) is 1. The lowest BCUT2D eigenvalue weighted by molar-refractivity contribution is 0.101. The minimum absolute atomic E-state index is 0.0145. The summed E-state index contributed by atoms with van der Waals surface area (Å²) in [5, 5.41) is 0.192. The fourth-order valence-corrected chi connectivity index (χ4v) is 2.78. The monoisotopic (exact) mass is 313 g/mol. The SMILES string of the molecule is CC(=O)c1cccc(S(=O)(=O)NCc2ccc(Cl)o2)c1. The van der Waals surface area contributed by atoms with Gasteiger partial charge in [0.2, 0.25) is 10.0 Å². The van der Waals surface area contributed by atoms with E-state index in [1.165, 1.54) is 31.2 Å². The van der Waals surface area contributed by atoms with Crippen LogP contribution in [-0.4, -0.2) is 14.2 Å². The second kappa shape index (κ2) is 5.78. The Morgan fingerprint density at radius 2 is 2.05 bits per heavy atom. The van der Waals surface area contributed by atoms with Crippen LogP contribution >= 0.6 is 11.6 Å². The summed E-state index contributed by atoms with van der Waals surface area (Å²) in [5.74, 6) is 0.209. The van der Waals surface area contributed by atoms with Crippen molar-refractivity contribution in [2.24, 2.45) is 0 Å². The van der Waals surface area contributed by atoms with Crippen LogP contribution in [0.4, 0.5) is 0 Å². The summed E-state index contributed by atoms with van der Waals surface area (Å²) in [6.07, 6.45) is 0. The first-order valence-corrected chi connectivity index (χ1v) is 7.59. The Bertz CT molecular complexity index is 736. The smallest absolute Gasteiger partial charge is 0.240 e. The van der Waals surface area contributed by atoms with E-state index in [1.807, 2.05) is 0 Å².